The van der Waals surface area contributed by atoms with Crippen LogP contribution in [0.1, 0.15) is 16.1 Å². The van der Waals surface area contributed by atoms with E-state index in [2.05, 4.69) is 51.5 Å². The van der Waals surface area contributed by atoms with Crippen LogP contribution >= 0.6 is 34.4 Å². The predicted molar refractivity (Wildman–Crippen MR) is 111 cm³/mol. The summed E-state index contributed by atoms with van der Waals surface area (Å²) in [7, 11) is 2.03. The third kappa shape index (κ3) is 3.34. The molecule has 0 saturated heterocycles. The maximum atomic E-state index is 4.75. The molecule has 0 aliphatic heterocycles. The second-order valence-corrected chi connectivity index (χ2v) is 8.88. The van der Waals surface area contributed by atoms with Gasteiger partial charge in [0, 0.05) is 39.6 Å². The monoisotopic (exact) mass is 398 g/mol. The Bertz CT molecular complexity index is 1030. The van der Waals surface area contributed by atoms with E-state index in [9.17, 15) is 0 Å². The second-order valence-electron chi connectivity index (χ2n) is 5.99. The van der Waals surface area contributed by atoms with Crippen LogP contribution in [0.25, 0.3) is 22.0 Å². The fraction of sp³-hybridized carbons (Fsp3) is 0.211. The maximum absolute atomic E-state index is 4.75. The zero-order valence-electron chi connectivity index (χ0n) is 14.8. The molecule has 0 atom stereocenters. The molecule has 0 fully saturated rings. The molecule has 3 heterocycles. The summed E-state index contributed by atoms with van der Waals surface area (Å²) in [5, 5.41) is 15.0. The minimum absolute atomic E-state index is 0.789. The molecule has 0 N–H and O–H groups in total. The molecule has 0 radical (unpaired) electrons. The van der Waals surface area contributed by atoms with Crippen molar-refractivity contribution in [1.29, 1.82) is 0 Å². The number of aromatic nitrogens is 4. The van der Waals surface area contributed by atoms with Gasteiger partial charge in [-0.1, -0.05) is 42.1 Å². The summed E-state index contributed by atoms with van der Waals surface area (Å²) >= 11 is 5.11. The molecular formula is C19H18N4S3. The van der Waals surface area contributed by atoms with E-state index in [-0.39, 0.29) is 0 Å². The van der Waals surface area contributed by atoms with Crippen LogP contribution in [0.15, 0.2) is 46.2 Å². The molecule has 3 aromatic heterocycles. The van der Waals surface area contributed by atoms with Crippen molar-refractivity contribution in [1.82, 2.24) is 19.7 Å². The summed E-state index contributed by atoms with van der Waals surface area (Å²) in [6.45, 7) is 4.28. The van der Waals surface area contributed by atoms with Gasteiger partial charge in [-0.25, -0.2) is 4.98 Å². The molecule has 0 aliphatic rings. The molecule has 1 aromatic carbocycles. The Balaban J connectivity index is 1.49. The van der Waals surface area contributed by atoms with Crippen LogP contribution < -0.4 is 0 Å². The maximum Gasteiger partial charge on any atom is 0.191 e. The molecule has 4 rings (SSSR count). The third-order valence-electron chi connectivity index (χ3n) is 4.28. The summed E-state index contributed by atoms with van der Waals surface area (Å²) in [4.78, 5) is 6.08. The number of thiazole rings is 1. The molecule has 0 amide bonds. The van der Waals surface area contributed by atoms with E-state index in [0.29, 0.717) is 0 Å². The highest BCUT2D eigenvalue weighted by molar-refractivity contribution is 7.98. The van der Waals surface area contributed by atoms with Crippen molar-refractivity contribution in [2.45, 2.75) is 24.8 Å². The first-order chi connectivity index (χ1) is 12.6. The molecule has 0 unspecified atom stereocenters. The van der Waals surface area contributed by atoms with Crippen molar-refractivity contribution >= 4 is 34.4 Å². The Kier molecular flexibility index (Phi) is 4.93. The fourth-order valence-corrected chi connectivity index (χ4v) is 5.23. The number of aryl methyl sites for hydroxylation is 1. The van der Waals surface area contributed by atoms with Crippen molar-refractivity contribution in [3.63, 3.8) is 0 Å². The number of hydrogen-bond donors (Lipinski definition) is 0. The van der Waals surface area contributed by atoms with Gasteiger partial charge in [-0.2, -0.15) is 0 Å². The van der Waals surface area contributed by atoms with Gasteiger partial charge in [-0.15, -0.1) is 32.9 Å². The van der Waals surface area contributed by atoms with Crippen LogP contribution in [-0.4, -0.2) is 19.7 Å². The smallest absolute Gasteiger partial charge is 0.191 e. The number of benzene rings is 1. The van der Waals surface area contributed by atoms with E-state index >= 15 is 0 Å². The molecular weight excluding hydrogens is 380 g/mol. The molecule has 7 heteroatoms. The highest BCUT2D eigenvalue weighted by atomic mass is 32.2. The van der Waals surface area contributed by atoms with Crippen LogP contribution in [0.2, 0.25) is 0 Å². The molecule has 0 saturated carbocycles. The van der Waals surface area contributed by atoms with Gasteiger partial charge in [0.2, 0.25) is 0 Å². The van der Waals surface area contributed by atoms with E-state index in [1.807, 2.05) is 25.2 Å². The standard InChI is InChI=1S/C19H18N4S3/c1-12-13(2)24-11-16(12)17-21-22-19(23(17)3)26-10-15-9-25-18(20-15)14-7-5-4-6-8-14/h4-9,11H,10H2,1-3H3. The van der Waals surface area contributed by atoms with Gasteiger partial charge >= 0.3 is 0 Å². The zero-order chi connectivity index (χ0) is 18.1. The molecule has 132 valence electrons. The van der Waals surface area contributed by atoms with Crippen molar-refractivity contribution in [3.05, 3.63) is 57.2 Å². The lowest BCUT2D eigenvalue weighted by atomic mass is 10.2. The molecule has 0 spiro atoms. The predicted octanol–water partition coefficient (Wildman–Crippen LogP) is 5.58. The first kappa shape index (κ1) is 17.5. The molecule has 4 aromatic rings. The highest BCUT2D eigenvalue weighted by Crippen LogP contribution is 2.32. The summed E-state index contributed by atoms with van der Waals surface area (Å²) in [5.74, 6) is 1.72. The molecule has 0 aliphatic carbocycles. The van der Waals surface area contributed by atoms with Crippen LogP contribution in [0.3, 0.4) is 0 Å². The van der Waals surface area contributed by atoms with Crippen LogP contribution in [-0.2, 0) is 12.8 Å². The quantitative estimate of drug-likeness (QED) is 0.412. The normalized spacial score (nSPS) is 11.2. The van der Waals surface area contributed by atoms with E-state index in [1.54, 1.807) is 34.4 Å². The van der Waals surface area contributed by atoms with Crippen molar-refractivity contribution in [3.8, 4) is 22.0 Å². The topological polar surface area (TPSA) is 43.6 Å². The van der Waals surface area contributed by atoms with Crippen molar-refractivity contribution in [2.24, 2.45) is 7.05 Å². The van der Waals surface area contributed by atoms with Gasteiger partial charge < -0.3 is 4.57 Å². The Morgan fingerprint density at radius 2 is 1.85 bits per heavy atom. The third-order valence-corrected chi connectivity index (χ3v) is 7.29. The first-order valence-electron chi connectivity index (χ1n) is 8.20. The lowest BCUT2D eigenvalue weighted by Crippen LogP contribution is -1.95. The SMILES string of the molecule is Cc1scc(-c2nnc(SCc3csc(-c4ccccc4)n3)n2C)c1C. The van der Waals surface area contributed by atoms with E-state index in [1.165, 1.54) is 16.0 Å². The molecule has 26 heavy (non-hydrogen) atoms. The average molecular weight is 399 g/mol. The van der Waals surface area contributed by atoms with Crippen LogP contribution in [0, 0.1) is 13.8 Å². The van der Waals surface area contributed by atoms with E-state index in [4.69, 9.17) is 4.98 Å². The van der Waals surface area contributed by atoms with Crippen molar-refractivity contribution in [2.75, 3.05) is 0 Å². The highest BCUT2D eigenvalue weighted by Gasteiger charge is 2.16. The summed E-state index contributed by atoms with van der Waals surface area (Å²) in [6.07, 6.45) is 0. The second kappa shape index (κ2) is 7.34. The lowest BCUT2D eigenvalue weighted by Gasteiger charge is -2.03. The lowest BCUT2D eigenvalue weighted by molar-refractivity contribution is 0.793. The summed E-state index contributed by atoms with van der Waals surface area (Å²) in [6, 6.07) is 10.3. The van der Waals surface area contributed by atoms with E-state index < -0.39 is 0 Å². The van der Waals surface area contributed by atoms with Gasteiger partial charge in [0.15, 0.2) is 11.0 Å². The van der Waals surface area contributed by atoms with Gasteiger partial charge in [0.05, 0.1) is 5.69 Å². The Hall–Kier alpha value is -1.96. The number of rotatable bonds is 5. The average Bonchev–Trinajstić information content (AvgIpc) is 3.35. The van der Waals surface area contributed by atoms with Gasteiger partial charge in [-0.05, 0) is 19.4 Å². The van der Waals surface area contributed by atoms with Gasteiger partial charge in [0.1, 0.15) is 5.01 Å². The Morgan fingerprint density at radius 3 is 2.58 bits per heavy atom. The largest absolute Gasteiger partial charge is 0.305 e. The van der Waals surface area contributed by atoms with Crippen LogP contribution in [0.5, 0.6) is 0 Å². The summed E-state index contributed by atoms with van der Waals surface area (Å²) in [5.41, 5.74) is 4.70. The minimum atomic E-state index is 0.789. The van der Waals surface area contributed by atoms with Gasteiger partial charge in [0.25, 0.3) is 0 Å². The Labute approximate surface area is 165 Å². The van der Waals surface area contributed by atoms with Crippen molar-refractivity contribution < 1.29 is 0 Å². The summed E-state index contributed by atoms with van der Waals surface area (Å²) < 4.78 is 2.07. The number of thioether (sulfide) groups is 1. The minimum Gasteiger partial charge on any atom is -0.305 e. The Morgan fingerprint density at radius 1 is 1.04 bits per heavy atom. The zero-order valence-corrected chi connectivity index (χ0v) is 17.2. The fourth-order valence-electron chi connectivity index (χ4n) is 2.63. The van der Waals surface area contributed by atoms with E-state index in [0.717, 1.165) is 33.0 Å². The molecule has 4 nitrogen and oxygen atoms in total. The number of hydrogen-bond acceptors (Lipinski definition) is 6. The number of thiophene rings is 1. The number of nitrogens with zero attached hydrogens (tertiary/aromatic N) is 4. The first-order valence-corrected chi connectivity index (χ1v) is 10.9. The molecule has 0 bridgehead atoms. The van der Waals surface area contributed by atoms with Crippen LogP contribution in [0.4, 0.5) is 0 Å². The van der Waals surface area contributed by atoms with Gasteiger partial charge in [-0.3, -0.25) is 0 Å².